The molecule has 1 aromatic carbocycles. The highest BCUT2D eigenvalue weighted by Crippen LogP contribution is 2.28. The number of nitrogens with zero attached hydrogens (tertiary/aromatic N) is 1. The molecule has 1 heterocycles. The van der Waals surface area contributed by atoms with Crippen LogP contribution in [0.2, 0.25) is 0 Å². The lowest BCUT2D eigenvalue weighted by atomic mass is 10.0. The second-order valence-corrected chi connectivity index (χ2v) is 4.54. The fourth-order valence-corrected chi connectivity index (χ4v) is 1.59. The second-order valence-electron chi connectivity index (χ2n) is 4.54. The summed E-state index contributed by atoms with van der Waals surface area (Å²) in [6.45, 7) is 6.07. The molecular weight excluding hydrogens is 230 g/mol. The van der Waals surface area contributed by atoms with Crippen LogP contribution < -0.4 is 4.74 Å². The Balaban J connectivity index is 2.24. The van der Waals surface area contributed by atoms with Gasteiger partial charge >= 0.3 is 6.08 Å². The number of benzene rings is 1. The van der Waals surface area contributed by atoms with E-state index in [4.69, 9.17) is 14.3 Å². The topological polar surface area (TPSA) is 55.5 Å². The Labute approximate surface area is 106 Å². The van der Waals surface area contributed by atoms with Crippen LogP contribution in [-0.2, 0) is 6.61 Å². The maximum Gasteiger partial charge on any atom is 0.399 e. The number of hydrogen-bond acceptors (Lipinski definition) is 4. The fourth-order valence-electron chi connectivity index (χ4n) is 1.59. The standard InChI is InChI=1S/C14H17NO3/c1-9(2)11-5-4-10(3)13(6-11)18-14-15-12(7-16)8-17-14/h4-6,8-9,16H,7H2,1-3H3. The molecule has 4 heteroatoms. The zero-order valence-electron chi connectivity index (χ0n) is 10.8. The number of aryl methyl sites for hydroxylation is 1. The first-order chi connectivity index (χ1) is 8.60. The van der Waals surface area contributed by atoms with E-state index in [0.717, 1.165) is 11.3 Å². The summed E-state index contributed by atoms with van der Waals surface area (Å²) in [5.74, 6) is 1.16. The van der Waals surface area contributed by atoms with Crippen molar-refractivity contribution in [3.63, 3.8) is 0 Å². The van der Waals surface area contributed by atoms with Crippen LogP contribution in [-0.4, -0.2) is 10.1 Å². The molecule has 0 aliphatic heterocycles. The number of aliphatic hydroxyl groups excluding tert-OH is 1. The molecule has 0 amide bonds. The van der Waals surface area contributed by atoms with Crippen LogP contribution in [0, 0.1) is 6.92 Å². The van der Waals surface area contributed by atoms with Crippen molar-refractivity contribution in [1.29, 1.82) is 0 Å². The molecule has 0 radical (unpaired) electrons. The number of aliphatic hydroxyl groups is 1. The van der Waals surface area contributed by atoms with Gasteiger partial charge in [-0.1, -0.05) is 26.0 Å². The minimum Gasteiger partial charge on any atom is -0.417 e. The van der Waals surface area contributed by atoms with E-state index in [2.05, 4.69) is 24.9 Å². The van der Waals surface area contributed by atoms with E-state index in [1.807, 2.05) is 19.1 Å². The fraction of sp³-hybridized carbons (Fsp3) is 0.357. The van der Waals surface area contributed by atoms with Crippen LogP contribution in [0.3, 0.4) is 0 Å². The van der Waals surface area contributed by atoms with Crippen molar-refractivity contribution in [1.82, 2.24) is 4.98 Å². The molecule has 1 N–H and O–H groups in total. The van der Waals surface area contributed by atoms with Gasteiger partial charge in [0.1, 0.15) is 17.7 Å². The van der Waals surface area contributed by atoms with E-state index in [1.54, 1.807) is 0 Å². The van der Waals surface area contributed by atoms with Crippen LogP contribution in [0.4, 0.5) is 0 Å². The summed E-state index contributed by atoms with van der Waals surface area (Å²) in [4.78, 5) is 4.00. The zero-order chi connectivity index (χ0) is 13.1. The molecule has 0 saturated carbocycles. The molecular formula is C14H17NO3. The van der Waals surface area contributed by atoms with Crippen molar-refractivity contribution in [2.75, 3.05) is 0 Å². The Morgan fingerprint density at radius 3 is 2.78 bits per heavy atom. The van der Waals surface area contributed by atoms with Gasteiger partial charge in [-0.3, -0.25) is 0 Å². The highest BCUT2D eigenvalue weighted by Gasteiger charge is 2.09. The van der Waals surface area contributed by atoms with Gasteiger partial charge in [-0.2, -0.15) is 4.98 Å². The largest absolute Gasteiger partial charge is 0.417 e. The third-order valence-corrected chi connectivity index (χ3v) is 2.77. The molecule has 0 aliphatic carbocycles. The highest BCUT2D eigenvalue weighted by atomic mass is 16.6. The summed E-state index contributed by atoms with van der Waals surface area (Å²) in [6.07, 6.45) is 1.54. The highest BCUT2D eigenvalue weighted by molar-refractivity contribution is 5.39. The Bertz CT molecular complexity index is 532. The van der Waals surface area contributed by atoms with Gasteiger partial charge in [-0.05, 0) is 30.0 Å². The maximum atomic E-state index is 8.91. The molecule has 0 fully saturated rings. The summed E-state index contributed by atoms with van der Waals surface area (Å²) < 4.78 is 10.7. The van der Waals surface area contributed by atoms with Crippen LogP contribution >= 0.6 is 0 Å². The van der Waals surface area contributed by atoms with Crippen LogP contribution in [0.5, 0.6) is 11.8 Å². The van der Waals surface area contributed by atoms with Crippen molar-refractivity contribution in [3.05, 3.63) is 41.3 Å². The lowest BCUT2D eigenvalue weighted by molar-refractivity contribution is 0.276. The van der Waals surface area contributed by atoms with E-state index in [1.165, 1.54) is 11.8 Å². The van der Waals surface area contributed by atoms with Crippen LogP contribution in [0.1, 0.15) is 36.6 Å². The van der Waals surface area contributed by atoms with E-state index in [9.17, 15) is 0 Å². The number of oxazole rings is 1. The van der Waals surface area contributed by atoms with Gasteiger partial charge in [0.15, 0.2) is 0 Å². The van der Waals surface area contributed by atoms with Gasteiger partial charge in [0.25, 0.3) is 0 Å². The van der Waals surface area contributed by atoms with E-state index in [-0.39, 0.29) is 12.7 Å². The van der Waals surface area contributed by atoms with Crippen LogP contribution in [0.15, 0.2) is 28.9 Å². The first-order valence-electron chi connectivity index (χ1n) is 5.94. The third-order valence-electron chi connectivity index (χ3n) is 2.77. The number of rotatable bonds is 4. The quantitative estimate of drug-likeness (QED) is 0.899. The molecule has 0 atom stereocenters. The smallest absolute Gasteiger partial charge is 0.399 e. The summed E-state index contributed by atoms with van der Waals surface area (Å²) in [5.41, 5.74) is 2.68. The molecule has 1 aromatic heterocycles. The molecule has 4 nitrogen and oxygen atoms in total. The Hall–Kier alpha value is -1.81. The predicted molar refractivity (Wildman–Crippen MR) is 67.8 cm³/mol. The first kappa shape index (κ1) is 12.6. The van der Waals surface area contributed by atoms with Crippen LogP contribution in [0.25, 0.3) is 0 Å². The summed E-state index contributed by atoms with van der Waals surface area (Å²) in [5, 5.41) is 8.91. The molecule has 96 valence electrons. The Morgan fingerprint density at radius 2 is 2.17 bits per heavy atom. The molecule has 18 heavy (non-hydrogen) atoms. The van der Waals surface area contributed by atoms with Gasteiger partial charge in [-0.25, -0.2) is 0 Å². The van der Waals surface area contributed by atoms with Crippen molar-refractivity contribution in [3.8, 4) is 11.8 Å². The van der Waals surface area contributed by atoms with Gasteiger partial charge in [0.2, 0.25) is 0 Å². The second kappa shape index (κ2) is 5.23. The molecule has 2 aromatic rings. The van der Waals surface area contributed by atoms with E-state index >= 15 is 0 Å². The average Bonchev–Trinajstić information content (AvgIpc) is 2.79. The summed E-state index contributed by atoms with van der Waals surface area (Å²) in [6, 6.07) is 6.09. The zero-order valence-corrected chi connectivity index (χ0v) is 10.8. The lowest BCUT2D eigenvalue weighted by Gasteiger charge is -2.10. The summed E-state index contributed by atoms with van der Waals surface area (Å²) >= 11 is 0. The number of ether oxygens (including phenoxy) is 1. The minimum absolute atomic E-state index is 0.155. The van der Waals surface area contributed by atoms with E-state index < -0.39 is 0 Å². The van der Waals surface area contributed by atoms with Crippen molar-refractivity contribution >= 4 is 0 Å². The van der Waals surface area contributed by atoms with E-state index in [0.29, 0.717) is 11.6 Å². The molecule has 0 aliphatic rings. The molecule has 0 spiro atoms. The third kappa shape index (κ3) is 2.71. The van der Waals surface area contributed by atoms with Gasteiger partial charge in [0, 0.05) is 0 Å². The Kier molecular flexibility index (Phi) is 3.67. The summed E-state index contributed by atoms with van der Waals surface area (Å²) in [7, 11) is 0. The molecule has 0 saturated heterocycles. The first-order valence-corrected chi connectivity index (χ1v) is 5.94. The number of aromatic nitrogens is 1. The van der Waals surface area contributed by atoms with Crippen molar-refractivity contribution in [2.45, 2.75) is 33.3 Å². The van der Waals surface area contributed by atoms with Gasteiger partial charge < -0.3 is 14.3 Å². The van der Waals surface area contributed by atoms with Gasteiger partial charge in [0.05, 0.1) is 6.61 Å². The Morgan fingerprint density at radius 1 is 1.39 bits per heavy atom. The SMILES string of the molecule is Cc1ccc(C(C)C)cc1Oc1nc(CO)co1. The molecule has 2 rings (SSSR count). The lowest BCUT2D eigenvalue weighted by Crippen LogP contribution is -1.93. The van der Waals surface area contributed by atoms with Gasteiger partial charge in [-0.15, -0.1) is 0 Å². The number of hydrogen-bond donors (Lipinski definition) is 1. The maximum absolute atomic E-state index is 8.91. The van der Waals surface area contributed by atoms with Crippen molar-refractivity contribution in [2.24, 2.45) is 0 Å². The monoisotopic (exact) mass is 247 g/mol. The normalized spacial score (nSPS) is 10.9. The molecule has 0 unspecified atom stereocenters. The average molecular weight is 247 g/mol. The predicted octanol–water partition coefficient (Wildman–Crippen LogP) is 3.39. The minimum atomic E-state index is -0.155. The van der Waals surface area contributed by atoms with Crippen molar-refractivity contribution < 1.29 is 14.3 Å². The molecule has 0 bridgehead atoms.